The van der Waals surface area contributed by atoms with Crippen LogP contribution in [0.25, 0.3) is 15.9 Å². The van der Waals surface area contributed by atoms with E-state index in [2.05, 4.69) is 36.8 Å². The number of pyridine rings is 1. The Labute approximate surface area is 182 Å². The van der Waals surface area contributed by atoms with Gasteiger partial charge < -0.3 is 15.4 Å². The van der Waals surface area contributed by atoms with Gasteiger partial charge in [-0.2, -0.15) is 5.10 Å². The fourth-order valence-electron chi connectivity index (χ4n) is 3.92. The number of aromatic nitrogens is 5. The first-order chi connectivity index (χ1) is 15.2. The van der Waals surface area contributed by atoms with Crippen molar-refractivity contribution >= 4 is 38.7 Å². The van der Waals surface area contributed by atoms with Crippen LogP contribution in [-0.4, -0.2) is 31.1 Å². The van der Waals surface area contributed by atoms with E-state index in [0.717, 1.165) is 58.2 Å². The maximum absolute atomic E-state index is 6.08. The number of thiophene rings is 1. The molecule has 5 heterocycles. The molecular weight excluding hydrogens is 410 g/mol. The zero-order valence-corrected chi connectivity index (χ0v) is 17.6. The summed E-state index contributed by atoms with van der Waals surface area (Å²) in [5, 5.41) is 12.2. The van der Waals surface area contributed by atoms with E-state index < -0.39 is 0 Å². The molecule has 0 saturated heterocycles. The van der Waals surface area contributed by atoms with Gasteiger partial charge in [0.1, 0.15) is 34.8 Å². The van der Waals surface area contributed by atoms with Crippen LogP contribution in [0.1, 0.15) is 16.0 Å². The predicted molar refractivity (Wildman–Crippen MR) is 120 cm³/mol. The Bertz CT molecular complexity index is 1420. The fraction of sp³-hybridized carbons (Fsp3) is 0.182. The molecule has 154 valence electrons. The molecule has 0 atom stereocenters. The lowest BCUT2D eigenvalue weighted by Crippen LogP contribution is -2.22. The standard InChI is InChI=1S/C22H19N7OS/c1-13-8-14(2-4-17(13)30-15-3-5-19-24-12-27-29(19)10-15)28-21-20-16-6-7-23-9-18(16)31-22(20)26-11-25-21/h2-5,8,10-12,23H,6-7,9H2,1H3,(H,25,26,28). The maximum atomic E-state index is 6.08. The van der Waals surface area contributed by atoms with Crippen LogP contribution in [-0.2, 0) is 13.0 Å². The van der Waals surface area contributed by atoms with Crippen LogP contribution in [0.15, 0.2) is 49.2 Å². The topological polar surface area (TPSA) is 89.3 Å². The van der Waals surface area contributed by atoms with E-state index >= 15 is 0 Å². The van der Waals surface area contributed by atoms with Crippen molar-refractivity contribution in [3.05, 3.63) is 65.2 Å². The number of rotatable bonds is 4. The molecule has 2 N–H and O–H groups in total. The molecule has 9 heteroatoms. The van der Waals surface area contributed by atoms with E-state index in [1.807, 2.05) is 37.4 Å². The Morgan fingerprint density at radius 2 is 2.10 bits per heavy atom. The highest BCUT2D eigenvalue weighted by Crippen LogP contribution is 2.37. The minimum Gasteiger partial charge on any atom is -0.455 e. The van der Waals surface area contributed by atoms with Crippen molar-refractivity contribution < 1.29 is 4.74 Å². The van der Waals surface area contributed by atoms with Crippen LogP contribution in [0.4, 0.5) is 11.5 Å². The third-order valence-electron chi connectivity index (χ3n) is 5.42. The van der Waals surface area contributed by atoms with E-state index in [4.69, 9.17) is 4.74 Å². The zero-order chi connectivity index (χ0) is 20.8. The van der Waals surface area contributed by atoms with Gasteiger partial charge in [0, 0.05) is 17.1 Å². The van der Waals surface area contributed by atoms with E-state index in [1.54, 1.807) is 22.2 Å². The summed E-state index contributed by atoms with van der Waals surface area (Å²) in [7, 11) is 0. The number of hydrogen-bond donors (Lipinski definition) is 2. The Morgan fingerprint density at radius 3 is 3.03 bits per heavy atom. The largest absolute Gasteiger partial charge is 0.455 e. The van der Waals surface area contributed by atoms with Crippen molar-refractivity contribution in [2.45, 2.75) is 19.9 Å². The highest BCUT2D eigenvalue weighted by molar-refractivity contribution is 7.19. The number of nitrogens with one attached hydrogen (secondary N) is 2. The molecule has 0 spiro atoms. The van der Waals surface area contributed by atoms with Gasteiger partial charge in [-0.3, -0.25) is 0 Å². The number of hydrogen-bond acceptors (Lipinski definition) is 8. The Kier molecular flexibility index (Phi) is 4.29. The van der Waals surface area contributed by atoms with Crippen molar-refractivity contribution in [1.29, 1.82) is 0 Å². The van der Waals surface area contributed by atoms with E-state index in [1.165, 1.54) is 16.8 Å². The highest BCUT2D eigenvalue weighted by Gasteiger charge is 2.19. The van der Waals surface area contributed by atoms with Crippen LogP contribution < -0.4 is 15.4 Å². The van der Waals surface area contributed by atoms with Crippen molar-refractivity contribution in [2.75, 3.05) is 11.9 Å². The summed E-state index contributed by atoms with van der Waals surface area (Å²) in [6.45, 7) is 3.92. The quantitative estimate of drug-likeness (QED) is 0.442. The minimum atomic E-state index is 0.706. The molecule has 6 rings (SSSR count). The molecule has 1 aromatic carbocycles. The number of nitrogens with zero attached hydrogens (tertiary/aromatic N) is 5. The van der Waals surface area contributed by atoms with Gasteiger partial charge in [-0.1, -0.05) is 0 Å². The fourth-order valence-corrected chi connectivity index (χ4v) is 5.07. The van der Waals surface area contributed by atoms with Gasteiger partial charge in [-0.15, -0.1) is 11.3 Å². The molecule has 0 aliphatic carbocycles. The number of ether oxygens (including phenoxy) is 1. The molecule has 0 bridgehead atoms. The van der Waals surface area contributed by atoms with Crippen molar-refractivity contribution in [3.8, 4) is 11.5 Å². The first-order valence-corrected chi connectivity index (χ1v) is 10.9. The summed E-state index contributed by atoms with van der Waals surface area (Å²) >= 11 is 1.75. The first kappa shape index (κ1) is 18.2. The van der Waals surface area contributed by atoms with Crippen LogP contribution in [0.5, 0.6) is 11.5 Å². The Morgan fingerprint density at radius 1 is 1.13 bits per heavy atom. The van der Waals surface area contributed by atoms with Crippen molar-refractivity contribution in [2.24, 2.45) is 0 Å². The van der Waals surface area contributed by atoms with Gasteiger partial charge in [0.05, 0.1) is 11.6 Å². The highest BCUT2D eigenvalue weighted by atomic mass is 32.1. The van der Waals surface area contributed by atoms with Gasteiger partial charge >= 0.3 is 0 Å². The summed E-state index contributed by atoms with van der Waals surface area (Å²) in [4.78, 5) is 15.6. The normalized spacial score (nSPS) is 13.5. The summed E-state index contributed by atoms with van der Waals surface area (Å²) in [6, 6.07) is 9.81. The lowest BCUT2D eigenvalue weighted by Gasteiger charge is -2.14. The monoisotopic (exact) mass is 429 g/mol. The number of fused-ring (bicyclic) bond motifs is 4. The Balaban J connectivity index is 1.29. The second-order valence-corrected chi connectivity index (χ2v) is 8.55. The third kappa shape index (κ3) is 3.28. The van der Waals surface area contributed by atoms with Crippen LogP contribution in [0, 0.1) is 6.92 Å². The summed E-state index contributed by atoms with van der Waals surface area (Å²) < 4.78 is 7.77. The molecular formula is C22H19N7OS. The first-order valence-electron chi connectivity index (χ1n) is 10.1. The second-order valence-electron chi connectivity index (χ2n) is 7.47. The predicted octanol–water partition coefficient (Wildman–Crippen LogP) is 4.22. The number of benzene rings is 1. The van der Waals surface area contributed by atoms with Gasteiger partial charge in [-0.05, 0) is 61.3 Å². The molecule has 5 aromatic rings. The van der Waals surface area contributed by atoms with E-state index in [9.17, 15) is 0 Å². The molecule has 0 unspecified atom stereocenters. The number of aryl methyl sites for hydroxylation is 1. The van der Waals surface area contributed by atoms with Gasteiger partial charge in [0.15, 0.2) is 5.65 Å². The third-order valence-corrected chi connectivity index (χ3v) is 6.56. The molecule has 0 radical (unpaired) electrons. The molecule has 4 aromatic heterocycles. The zero-order valence-electron chi connectivity index (χ0n) is 16.8. The molecule has 0 saturated carbocycles. The SMILES string of the molecule is Cc1cc(Nc2ncnc3sc4c(c23)CCNC4)ccc1Oc1ccc2ncnn2c1. The number of anilines is 2. The van der Waals surface area contributed by atoms with Crippen molar-refractivity contribution in [1.82, 2.24) is 29.9 Å². The molecule has 31 heavy (non-hydrogen) atoms. The van der Waals surface area contributed by atoms with Gasteiger partial charge in [-0.25, -0.2) is 19.5 Å². The average molecular weight is 430 g/mol. The molecule has 1 aliphatic rings. The summed E-state index contributed by atoms with van der Waals surface area (Å²) in [6.07, 6.45) is 5.97. The van der Waals surface area contributed by atoms with E-state index in [0.29, 0.717) is 5.75 Å². The molecule has 0 fully saturated rings. The molecule has 1 aliphatic heterocycles. The van der Waals surface area contributed by atoms with Crippen LogP contribution in [0.2, 0.25) is 0 Å². The minimum absolute atomic E-state index is 0.706. The molecule has 0 amide bonds. The summed E-state index contributed by atoms with van der Waals surface area (Å²) in [5.74, 6) is 2.35. The average Bonchev–Trinajstić information content (AvgIpc) is 3.40. The lowest BCUT2D eigenvalue weighted by molar-refractivity contribution is 0.475. The summed E-state index contributed by atoms with van der Waals surface area (Å²) in [5.41, 5.74) is 4.13. The van der Waals surface area contributed by atoms with Gasteiger partial charge in [0.25, 0.3) is 0 Å². The van der Waals surface area contributed by atoms with Crippen molar-refractivity contribution in [3.63, 3.8) is 0 Å². The lowest BCUT2D eigenvalue weighted by atomic mass is 10.1. The van der Waals surface area contributed by atoms with Crippen LogP contribution in [0.3, 0.4) is 0 Å². The maximum Gasteiger partial charge on any atom is 0.155 e. The second kappa shape index (κ2) is 7.29. The smallest absolute Gasteiger partial charge is 0.155 e. The van der Waals surface area contributed by atoms with Gasteiger partial charge in [0.2, 0.25) is 0 Å². The molecule has 8 nitrogen and oxygen atoms in total. The van der Waals surface area contributed by atoms with Crippen LogP contribution >= 0.6 is 11.3 Å². The van der Waals surface area contributed by atoms with E-state index in [-0.39, 0.29) is 0 Å². The Hall–Kier alpha value is -3.56.